The number of aryl methyl sites for hydroxylation is 1. The third-order valence-electron chi connectivity index (χ3n) is 3.56. The van der Waals surface area contributed by atoms with Crippen molar-refractivity contribution in [2.24, 2.45) is 0 Å². The van der Waals surface area contributed by atoms with Crippen molar-refractivity contribution in [2.75, 3.05) is 13.1 Å². The Morgan fingerprint density at radius 2 is 2.40 bits per heavy atom. The highest BCUT2D eigenvalue weighted by Gasteiger charge is 2.29. The number of carbonyl (C=O) groups excluding carboxylic acids is 2. The third kappa shape index (κ3) is 2.18. The van der Waals surface area contributed by atoms with Crippen LogP contribution in [0.2, 0.25) is 0 Å². The van der Waals surface area contributed by atoms with Crippen molar-refractivity contribution in [3.05, 3.63) is 23.0 Å². The maximum atomic E-state index is 12.4. The zero-order chi connectivity index (χ0) is 14.3. The van der Waals surface area contributed by atoms with E-state index in [9.17, 15) is 9.59 Å². The maximum Gasteiger partial charge on any atom is 0.242 e. The smallest absolute Gasteiger partial charge is 0.242 e. The van der Waals surface area contributed by atoms with Gasteiger partial charge in [0.25, 0.3) is 0 Å². The predicted molar refractivity (Wildman–Crippen MR) is 75.7 cm³/mol. The molecule has 20 heavy (non-hydrogen) atoms. The van der Waals surface area contributed by atoms with Gasteiger partial charge in [-0.2, -0.15) is 0 Å². The van der Waals surface area contributed by atoms with E-state index in [1.807, 2.05) is 22.9 Å². The van der Waals surface area contributed by atoms with E-state index in [1.165, 1.54) is 11.3 Å². The Morgan fingerprint density at radius 1 is 1.60 bits per heavy atom. The molecule has 0 saturated carbocycles. The molecule has 1 N–H and O–H groups in total. The van der Waals surface area contributed by atoms with Crippen LogP contribution >= 0.6 is 11.3 Å². The summed E-state index contributed by atoms with van der Waals surface area (Å²) >= 11 is 1.53. The summed E-state index contributed by atoms with van der Waals surface area (Å²) in [5.41, 5.74) is 1.87. The number of rotatable bonds is 2. The molecule has 0 spiro atoms. The summed E-state index contributed by atoms with van der Waals surface area (Å²) in [6, 6.07) is -0.394. The van der Waals surface area contributed by atoms with Gasteiger partial charge in [-0.15, -0.1) is 11.3 Å². The fourth-order valence-electron chi connectivity index (χ4n) is 2.45. The second-order valence-corrected chi connectivity index (χ2v) is 5.83. The molecule has 1 atom stereocenters. The molecule has 0 aromatic carbocycles. The van der Waals surface area contributed by atoms with Crippen LogP contribution < -0.4 is 5.32 Å². The van der Waals surface area contributed by atoms with Crippen molar-refractivity contribution < 1.29 is 9.59 Å². The molecule has 1 fully saturated rings. The van der Waals surface area contributed by atoms with Gasteiger partial charge >= 0.3 is 0 Å². The van der Waals surface area contributed by atoms with Crippen LogP contribution in [0.5, 0.6) is 0 Å². The molecule has 0 aliphatic carbocycles. The van der Waals surface area contributed by atoms with Crippen molar-refractivity contribution in [1.29, 1.82) is 0 Å². The number of nitrogens with one attached hydrogen (secondary N) is 1. The molecular weight excluding hydrogens is 276 g/mol. The topological polar surface area (TPSA) is 66.7 Å². The zero-order valence-electron chi connectivity index (χ0n) is 11.4. The molecule has 0 bridgehead atoms. The van der Waals surface area contributed by atoms with Gasteiger partial charge in [-0.3, -0.25) is 14.0 Å². The molecule has 1 unspecified atom stereocenters. The molecule has 3 heterocycles. The number of piperazine rings is 1. The highest BCUT2D eigenvalue weighted by atomic mass is 32.1. The van der Waals surface area contributed by atoms with Gasteiger partial charge in [0, 0.05) is 30.4 Å². The molecule has 3 rings (SSSR count). The monoisotopic (exact) mass is 292 g/mol. The zero-order valence-corrected chi connectivity index (χ0v) is 12.2. The highest BCUT2D eigenvalue weighted by Crippen LogP contribution is 2.18. The molecule has 6 nitrogen and oxygen atoms in total. The van der Waals surface area contributed by atoms with Crippen molar-refractivity contribution in [3.63, 3.8) is 0 Å². The van der Waals surface area contributed by atoms with Crippen LogP contribution in [-0.2, 0) is 16.0 Å². The second kappa shape index (κ2) is 4.90. The molecule has 106 valence electrons. The van der Waals surface area contributed by atoms with Crippen molar-refractivity contribution in [2.45, 2.75) is 26.3 Å². The predicted octanol–water partition coefficient (Wildman–Crippen LogP) is 0.594. The molecule has 7 heteroatoms. The van der Waals surface area contributed by atoms with E-state index in [2.05, 4.69) is 10.3 Å². The normalized spacial score (nSPS) is 19.4. The summed E-state index contributed by atoms with van der Waals surface area (Å²) in [6.07, 6.45) is 2.23. The van der Waals surface area contributed by atoms with Gasteiger partial charge in [-0.05, 0) is 13.8 Å². The van der Waals surface area contributed by atoms with Crippen molar-refractivity contribution >= 4 is 28.1 Å². The van der Waals surface area contributed by atoms with E-state index < -0.39 is 6.04 Å². The third-order valence-corrected chi connectivity index (χ3v) is 4.44. The number of hydrogen-bond acceptors (Lipinski definition) is 4. The molecule has 1 saturated heterocycles. The number of hydrogen-bond donors (Lipinski definition) is 1. The highest BCUT2D eigenvalue weighted by molar-refractivity contribution is 7.15. The largest absolute Gasteiger partial charge is 0.353 e. The van der Waals surface area contributed by atoms with Crippen LogP contribution in [0.25, 0.3) is 4.96 Å². The Bertz CT molecular complexity index is 675. The quantitative estimate of drug-likeness (QED) is 0.881. The van der Waals surface area contributed by atoms with E-state index in [0.717, 1.165) is 16.3 Å². The Morgan fingerprint density at radius 3 is 3.20 bits per heavy atom. The maximum absolute atomic E-state index is 12.4. The van der Waals surface area contributed by atoms with E-state index >= 15 is 0 Å². The summed E-state index contributed by atoms with van der Waals surface area (Å²) in [5.74, 6) is -0.100. The summed E-state index contributed by atoms with van der Waals surface area (Å²) in [7, 11) is 0. The number of imidazole rings is 1. The van der Waals surface area contributed by atoms with Gasteiger partial charge in [0.05, 0.1) is 12.1 Å². The van der Waals surface area contributed by atoms with Gasteiger partial charge in [0.15, 0.2) is 4.96 Å². The van der Waals surface area contributed by atoms with Crippen LogP contribution in [0.1, 0.15) is 18.3 Å². The van der Waals surface area contributed by atoms with Gasteiger partial charge < -0.3 is 10.2 Å². The first-order valence-corrected chi connectivity index (χ1v) is 7.43. The number of fused-ring (bicyclic) bond motifs is 1. The fraction of sp³-hybridized carbons (Fsp3) is 0.462. The Balaban J connectivity index is 1.80. The lowest BCUT2D eigenvalue weighted by Gasteiger charge is -2.32. The Labute approximate surface area is 120 Å². The van der Waals surface area contributed by atoms with E-state index in [0.29, 0.717) is 19.5 Å². The van der Waals surface area contributed by atoms with Crippen LogP contribution in [-0.4, -0.2) is 45.2 Å². The van der Waals surface area contributed by atoms with Crippen LogP contribution in [0.4, 0.5) is 0 Å². The minimum atomic E-state index is -0.394. The Hall–Kier alpha value is -1.89. The summed E-state index contributed by atoms with van der Waals surface area (Å²) in [6.45, 7) is 4.79. The lowest BCUT2D eigenvalue weighted by Crippen LogP contribution is -2.56. The van der Waals surface area contributed by atoms with Gasteiger partial charge in [0.2, 0.25) is 11.8 Å². The number of carbonyl (C=O) groups is 2. The molecule has 2 amide bonds. The van der Waals surface area contributed by atoms with E-state index in [4.69, 9.17) is 0 Å². The minimum Gasteiger partial charge on any atom is -0.353 e. The lowest BCUT2D eigenvalue weighted by molar-refractivity contribution is -0.142. The minimum absolute atomic E-state index is 0.0154. The van der Waals surface area contributed by atoms with Crippen LogP contribution in [0.3, 0.4) is 0 Å². The number of thiazole rings is 1. The molecule has 0 radical (unpaired) electrons. The number of amides is 2. The summed E-state index contributed by atoms with van der Waals surface area (Å²) in [5, 5.41) is 4.72. The number of nitrogens with zero attached hydrogens (tertiary/aromatic N) is 3. The first-order valence-electron chi connectivity index (χ1n) is 6.55. The number of aromatic nitrogens is 2. The van der Waals surface area contributed by atoms with Gasteiger partial charge in [-0.1, -0.05) is 0 Å². The average molecular weight is 292 g/mol. The SMILES string of the molecule is Cc1cn2c(CC(=O)N3CCNC(=O)C3C)csc2n1. The summed E-state index contributed by atoms with van der Waals surface area (Å²) in [4.78, 5) is 30.9. The van der Waals surface area contributed by atoms with Crippen LogP contribution in [0, 0.1) is 6.92 Å². The van der Waals surface area contributed by atoms with E-state index in [-0.39, 0.29) is 11.8 Å². The molecule has 2 aromatic heterocycles. The standard InChI is InChI=1S/C13H16N4O2S/c1-8-6-17-10(7-20-13(17)15-8)5-11(18)16-4-3-14-12(19)9(16)2/h6-7,9H,3-5H2,1-2H3,(H,14,19). The fourth-order valence-corrected chi connectivity index (χ4v) is 3.37. The molecule has 1 aliphatic heterocycles. The first kappa shape index (κ1) is 13.1. The van der Waals surface area contributed by atoms with Crippen molar-refractivity contribution in [3.8, 4) is 0 Å². The van der Waals surface area contributed by atoms with Gasteiger partial charge in [-0.25, -0.2) is 4.98 Å². The van der Waals surface area contributed by atoms with Gasteiger partial charge in [0.1, 0.15) is 6.04 Å². The van der Waals surface area contributed by atoms with E-state index in [1.54, 1.807) is 11.8 Å². The molecule has 1 aliphatic rings. The summed E-state index contributed by atoms with van der Waals surface area (Å²) < 4.78 is 1.95. The average Bonchev–Trinajstić information content (AvgIpc) is 2.93. The van der Waals surface area contributed by atoms with Crippen molar-refractivity contribution in [1.82, 2.24) is 19.6 Å². The first-order chi connectivity index (χ1) is 9.56. The molecular formula is C13H16N4O2S. The molecule has 2 aromatic rings. The lowest BCUT2D eigenvalue weighted by atomic mass is 10.2. The second-order valence-electron chi connectivity index (χ2n) is 4.99. The van der Waals surface area contributed by atoms with Crippen LogP contribution in [0.15, 0.2) is 11.6 Å². The Kier molecular flexibility index (Phi) is 3.21.